The number of nitrogens with zero attached hydrogens (tertiary/aromatic N) is 4. The number of aromatic nitrogens is 3. The molecule has 4 heterocycles. The number of H-pyrrole nitrogens is 1. The van der Waals surface area contributed by atoms with Gasteiger partial charge >= 0.3 is 0 Å². The van der Waals surface area contributed by atoms with Gasteiger partial charge in [-0.05, 0) is 0 Å². The van der Waals surface area contributed by atoms with Crippen LogP contribution in [0.1, 0.15) is 15.5 Å². The summed E-state index contributed by atoms with van der Waals surface area (Å²) in [5, 5.41) is 8.57. The van der Waals surface area contributed by atoms with Crippen LogP contribution in [0.2, 0.25) is 0 Å². The molecule has 4 rings (SSSR count). The van der Waals surface area contributed by atoms with E-state index in [-0.39, 0.29) is 5.91 Å². The van der Waals surface area contributed by atoms with Gasteiger partial charge in [0.2, 0.25) is 0 Å². The maximum absolute atomic E-state index is 12.7. The number of piperazine rings is 1. The third kappa shape index (κ3) is 2.89. The van der Waals surface area contributed by atoms with Crippen molar-refractivity contribution in [1.82, 2.24) is 25.0 Å². The molecule has 2 aromatic rings. The van der Waals surface area contributed by atoms with Gasteiger partial charge < -0.3 is 14.4 Å². The third-order valence-electron chi connectivity index (χ3n) is 3.99. The van der Waals surface area contributed by atoms with Crippen LogP contribution in [0.25, 0.3) is 0 Å². The first kappa shape index (κ1) is 14.5. The van der Waals surface area contributed by atoms with Crippen LogP contribution in [0.5, 0.6) is 11.5 Å². The highest BCUT2D eigenvalue weighted by Crippen LogP contribution is 2.39. The number of rotatable bonds is 3. The highest BCUT2D eigenvalue weighted by molar-refractivity contribution is 7.12. The van der Waals surface area contributed by atoms with E-state index >= 15 is 0 Å². The number of hydrogen-bond acceptors (Lipinski definition) is 7. The van der Waals surface area contributed by atoms with Crippen molar-refractivity contribution in [2.24, 2.45) is 0 Å². The van der Waals surface area contributed by atoms with Crippen LogP contribution >= 0.6 is 11.3 Å². The van der Waals surface area contributed by atoms with Crippen LogP contribution in [-0.2, 0) is 6.54 Å². The number of aromatic amines is 1. The van der Waals surface area contributed by atoms with E-state index in [1.165, 1.54) is 17.7 Å². The van der Waals surface area contributed by atoms with Crippen molar-refractivity contribution >= 4 is 17.2 Å². The quantitative estimate of drug-likeness (QED) is 0.884. The Morgan fingerprint density at radius 2 is 2.09 bits per heavy atom. The lowest BCUT2D eigenvalue weighted by atomic mass is 10.2. The Kier molecular flexibility index (Phi) is 3.88. The van der Waals surface area contributed by atoms with Gasteiger partial charge in [-0.15, -0.1) is 11.3 Å². The molecule has 1 fully saturated rings. The van der Waals surface area contributed by atoms with Crippen molar-refractivity contribution in [3.8, 4) is 11.5 Å². The average molecular weight is 335 g/mol. The molecule has 122 valence electrons. The van der Waals surface area contributed by atoms with Crippen molar-refractivity contribution in [2.75, 3.05) is 39.4 Å². The summed E-state index contributed by atoms with van der Waals surface area (Å²) >= 11 is 1.39. The molecule has 9 heteroatoms. The van der Waals surface area contributed by atoms with E-state index in [2.05, 4.69) is 20.1 Å². The first-order valence-corrected chi connectivity index (χ1v) is 8.42. The average Bonchev–Trinajstić information content (AvgIpc) is 3.24. The molecule has 0 spiro atoms. The van der Waals surface area contributed by atoms with Crippen molar-refractivity contribution in [2.45, 2.75) is 6.54 Å². The number of amides is 1. The fourth-order valence-electron chi connectivity index (χ4n) is 2.78. The van der Waals surface area contributed by atoms with Crippen LogP contribution in [0.4, 0.5) is 0 Å². The predicted molar refractivity (Wildman–Crippen MR) is 82.9 cm³/mol. The molecular formula is C14H17N5O3S. The van der Waals surface area contributed by atoms with Crippen molar-refractivity contribution < 1.29 is 14.3 Å². The Balaban J connectivity index is 1.38. The summed E-state index contributed by atoms with van der Waals surface area (Å²) in [7, 11) is 0. The summed E-state index contributed by atoms with van der Waals surface area (Å²) < 4.78 is 11.1. The molecule has 23 heavy (non-hydrogen) atoms. The molecule has 0 saturated carbocycles. The smallest absolute Gasteiger partial charge is 0.267 e. The van der Waals surface area contributed by atoms with E-state index in [1.54, 1.807) is 0 Å². The molecular weight excluding hydrogens is 318 g/mol. The van der Waals surface area contributed by atoms with E-state index in [0.29, 0.717) is 42.7 Å². The SMILES string of the molecule is O=C(c1scc2c1OCCO2)N1CCN(Cc2ncn[nH]2)CC1. The number of thiophene rings is 1. The second-order valence-corrected chi connectivity index (χ2v) is 6.34. The first-order valence-electron chi connectivity index (χ1n) is 7.54. The van der Waals surface area contributed by atoms with Gasteiger partial charge in [0.1, 0.15) is 30.2 Å². The Morgan fingerprint density at radius 3 is 2.87 bits per heavy atom. The van der Waals surface area contributed by atoms with Gasteiger partial charge in [0, 0.05) is 31.6 Å². The van der Waals surface area contributed by atoms with Gasteiger partial charge in [0.15, 0.2) is 11.5 Å². The normalized spacial score (nSPS) is 18.2. The molecule has 1 amide bonds. The van der Waals surface area contributed by atoms with E-state index < -0.39 is 0 Å². The lowest BCUT2D eigenvalue weighted by molar-refractivity contribution is 0.0623. The summed E-state index contributed by atoms with van der Waals surface area (Å²) in [5.74, 6) is 2.17. The summed E-state index contributed by atoms with van der Waals surface area (Å²) in [5.41, 5.74) is 0. The number of ether oxygens (including phenoxy) is 2. The molecule has 0 bridgehead atoms. The van der Waals surface area contributed by atoms with Crippen LogP contribution in [0.3, 0.4) is 0 Å². The topological polar surface area (TPSA) is 83.6 Å². The van der Waals surface area contributed by atoms with Crippen molar-refractivity contribution in [3.63, 3.8) is 0 Å². The minimum atomic E-state index is 0.0288. The molecule has 0 aromatic carbocycles. The van der Waals surface area contributed by atoms with E-state index in [4.69, 9.17) is 9.47 Å². The lowest BCUT2D eigenvalue weighted by Gasteiger charge is -2.34. The van der Waals surface area contributed by atoms with E-state index in [1.807, 2.05) is 10.3 Å². The zero-order valence-electron chi connectivity index (χ0n) is 12.5. The fourth-order valence-corrected chi connectivity index (χ4v) is 3.68. The second kappa shape index (κ2) is 6.17. The molecule has 1 N–H and O–H groups in total. The monoisotopic (exact) mass is 335 g/mol. The zero-order valence-corrected chi connectivity index (χ0v) is 13.3. The summed E-state index contributed by atoms with van der Waals surface area (Å²) in [6, 6.07) is 0. The Bertz CT molecular complexity index is 679. The molecule has 2 aliphatic rings. The standard InChI is InChI=1S/C14H17N5O3S/c20-14(13-12-10(8-23-13)21-5-6-22-12)19-3-1-18(2-4-19)7-11-15-9-16-17-11/h8-9H,1-7H2,(H,15,16,17). The largest absolute Gasteiger partial charge is 0.485 e. The summed E-state index contributed by atoms with van der Waals surface area (Å²) in [6.07, 6.45) is 1.51. The van der Waals surface area contributed by atoms with Crippen LogP contribution in [-0.4, -0.2) is 70.3 Å². The molecule has 0 unspecified atom stereocenters. The maximum Gasteiger partial charge on any atom is 0.267 e. The number of carbonyl (C=O) groups excluding carboxylic acids is 1. The lowest BCUT2D eigenvalue weighted by Crippen LogP contribution is -2.48. The Hall–Kier alpha value is -2.13. The van der Waals surface area contributed by atoms with Crippen LogP contribution < -0.4 is 9.47 Å². The maximum atomic E-state index is 12.7. The van der Waals surface area contributed by atoms with Crippen LogP contribution in [0, 0.1) is 0 Å². The highest BCUT2D eigenvalue weighted by Gasteiger charge is 2.29. The minimum Gasteiger partial charge on any atom is -0.485 e. The molecule has 2 aliphatic heterocycles. The molecule has 1 saturated heterocycles. The molecule has 0 atom stereocenters. The molecule has 0 radical (unpaired) electrons. The number of carbonyl (C=O) groups is 1. The van der Waals surface area contributed by atoms with Crippen molar-refractivity contribution in [1.29, 1.82) is 0 Å². The fraction of sp³-hybridized carbons (Fsp3) is 0.500. The molecule has 2 aromatic heterocycles. The highest BCUT2D eigenvalue weighted by atomic mass is 32.1. The minimum absolute atomic E-state index is 0.0288. The molecule has 8 nitrogen and oxygen atoms in total. The third-order valence-corrected chi connectivity index (χ3v) is 4.92. The number of hydrogen-bond donors (Lipinski definition) is 1. The Labute approximate surface area is 137 Å². The van der Waals surface area contributed by atoms with Crippen LogP contribution in [0.15, 0.2) is 11.7 Å². The van der Waals surface area contributed by atoms with E-state index in [0.717, 1.165) is 25.5 Å². The summed E-state index contributed by atoms with van der Waals surface area (Å²) in [6.45, 7) is 4.79. The number of nitrogens with one attached hydrogen (secondary N) is 1. The second-order valence-electron chi connectivity index (χ2n) is 5.46. The predicted octanol–water partition coefficient (Wildman–Crippen LogP) is 0.595. The Morgan fingerprint density at radius 1 is 1.26 bits per heavy atom. The van der Waals surface area contributed by atoms with Gasteiger partial charge in [0.25, 0.3) is 5.91 Å². The summed E-state index contributed by atoms with van der Waals surface area (Å²) in [4.78, 5) is 21.6. The van der Waals surface area contributed by atoms with Gasteiger partial charge in [-0.3, -0.25) is 14.8 Å². The van der Waals surface area contributed by atoms with Gasteiger partial charge in [-0.25, -0.2) is 4.98 Å². The molecule has 0 aliphatic carbocycles. The number of fused-ring (bicyclic) bond motifs is 1. The zero-order chi connectivity index (χ0) is 15.6. The first-order chi connectivity index (χ1) is 11.3. The van der Waals surface area contributed by atoms with Crippen molar-refractivity contribution in [3.05, 3.63) is 22.4 Å². The van der Waals surface area contributed by atoms with Gasteiger partial charge in [0.05, 0.1) is 6.54 Å². The van der Waals surface area contributed by atoms with Gasteiger partial charge in [-0.2, -0.15) is 5.10 Å². The van der Waals surface area contributed by atoms with Gasteiger partial charge in [-0.1, -0.05) is 0 Å². The van der Waals surface area contributed by atoms with E-state index in [9.17, 15) is 4.79 Å².